The molecule has 0 aliphatic carbocycles. The van der Waals surface area contributed by atoms with Gasteiger partial charge in [-0.2, -0.15) is 0 Å². The molecule has 0 fully saturated rings. The van der Waals surface area contributed by atoms with Crippen molar-refractivity contribution >= 4 is 92.9 Å². The number of benzene rings is 4. The zero-order valence-electron chi connectivity index (χ0n) is 38.0. The fraction of sp³-hybridized carbons (Fsp3) is 0.184. The quantitative estimate of drug-likeness (QED) is 0.0591. The molecule has 6 aromatic rings. The Morgan fingerprint density at radius 3 is 1.37 bits per heavy atom. The van der Waals surface area contributed by atoms with Crippen molar-refractivity contribution in [1.82, 2.24) is 19.8 Å². The van der Waals surface area contributed by atoms with Crippen LogP contribution < -0.4 is 31.1 Å². The van der Waals surface area contributed by atoms with Crippen LogP contribution in [0.2, 0.25) is 10.0 Å². The molecule has 344 valence electrons. The third-order valence-corrected chi connectivity index (χ3v) is 10.7. The minimum Gasteiger partial charge on any atom is -0.378 e. The molecule has 7 rings (SSSR count). The number of carbonyl (C=O) groups is 4. The maximum Gasteiger partial charge on any atom is 0.259 e. The van der Waals surface area contributed by atoms with Crippen LogP contribution in [0.5, 0.6) is 0 Å². The van der Waals surface area contributed by atoms with E-state index in [4.69, 9.17) is 28.6 Å². The first kappa shape index (κ1) is 48.6. The van der Waals surface area contributed by atoms with Crippen molar-refractivity contribution in [2.45, 2.75) is 0 Å². The number of aliphatic imine (C=N–C) groups is 1. The average molecular weight is 942 g/mol. The molecule has 4 aromatic carbocycles. The maximum absolute atomic E-state index is 13.1. The summed E-state index contributed by atoms with van der Waals surface area (Å²) in [5, 5.41) is 20.1. The second kappa shape index (κ2) is 21.9. The average Bonchev–Trinajstić information content (AvgIpc) is 3.75. The molecule has 67 heavy (non-hydrogen) atoms. The lowest BCUT2D eigenvalue weighted by Crippen LogP contribution is -2.23. The van der Waals surface area contributed by atoms with Crippen LogP contribution in [0.15, 0.2) is 127 Å². The van der Waals surface area contributed by atoms with E-state index in [2.05, 4.69) is 41.1 Å². The fourth-order valence-electron chi connectivity index (χ4n) is 6.52. The van der Waals surface area contributed by atoms with Crippen LogP contribution in [0.3, 0.4) is 0 Å². The van der Waals surface area contributed by atoms with E-state index in [0.29, 0.717) is 61.1 Å². The number of amides is 4. The number of rotatable bonds is 12. The summed E-state index contributed by atoms with van der Waals surface area (Å²) in [5.74, 6) is 0.467. The number of pyridine rings is 2. The summed E-state index contributed by atoms with van der Waals surface area (Å²) < 4.78 is 0. The Morgan fingerprint density at radius 1 is 0.567 bits per heavy atom. The SMILES string of the molecule is CN(C)C(=N)c1ccc(C(=O)Nc2ccc(N(C)C)cc2C(=O)Nc2ccc(Cl)cn2)cc1.CN1CCN=C1c1ccc(C(=O)Nc2ccc(N(C)C)cc2C(=O)Nc2ccc(Cl)cn2)cc1. The third kappa shape index (κ3) is 12.7. The molecule has 1 aliphatic rings. The highest BCUT2D eigenvalue weighted by molar-refractivity contribution is 6.30. The van der Waals surface area contributed by atoms with E-state index < -0.39 is 11.8 Å². The number of aromatic nitrogens is 2. The van der Waals surface area contributed by atoms with Crippen molar-refractivity contribution in [1.29, 1.82) is 5.41 Å². The molecule has 0 atom stereocenters. The van der Waals surface area contributed by atoms with Crippen molar-refractivity contribution < 1.29 is 19.2 Å². The summed E-state index contributed by atoms with van der Waals surface area (Å²) in [6.45, 7) is 1.66. The summed E-state index contributed by atoms with van der Waals surface area (Å²) in [7, 11) is 13.0. The van der Waals surface area contributed by atoms with Crippen molar-refractivity contribution in [2.75, 3.05) is 93.5 Å². The molecule has 0 bridgehead atoms. The number of hydrogen-bond acceptors (Lipinski definition) is 11. The normalized spacial score (nSPS) is 11.6. The van der Waals surface area contributed by atoms with Crippen LogP contribution in [0, 0.1) is 5.41 Å². The van der Waals surface area contributed by atoms with Gasteiger partial charge in [-0.15, -0.1) is 0 Å². The molecular weight excluding hydrogens is 892 g/mol. The molecule has 16 nitrogen and oxygen atoms in total. The Bertz CT molecular complexity index is 2800. The largest absolute Gasteiger partial charge is 0.378 e. The van der Waals surface area contributed by atoms with Gasteiger partial charge in [0.1, 0.15) is 23.3 Å². The van der Waals surface area contributed by atoms with Crippen LogP contribution >= 0.6 is 23.2 Å². The highest BCUT2D eigenvalue weighted by atomic mass is 35.5. The van der Waals surface area contributed by atoms with Crippen molar-refractivity contribution in [3.05, 3.63) is 165 Å². The number of hydrogen-bond donors (Lipinski definition) is 5. The first-order valence-corrected chi connectivity index (χ1v) is 21.6. The minimum atomic E-state index is -0.418. The van der Waals surface area contributed by atoms with Crippen molar-refractivity contribution in [3.8, 4) is 0 Å². The van der Waals surface area contributed by atoms with Gasteiger partial charge in [-0.1, -0.05) is 47.5 Å². The van der Waals surface area contributed by atoms with Crippen molar-refractivity contribution in [3.63, 3.8) is 0 Å². The Labute approximate surface area is 399 Å². The van der Waals surface area contributed by atoms with Crippen LogP contribution in [0.4, 0.5) is 34.4 Å². The van der Waals surface area contributed by atoms with Gasteiger partial charge in [0.2, 0.25) is 0 Å². The highest BCUT2D eigenvalue weighted by Crippen LogP contribution is 2.26. The smallest absolute Gasteiger partial charge is 0.259 e. The second-order valence-electron chi connectivity index (χ2n) is 15.8. The van der Waals surface area contributed by atoms with Gasteiger partial charge in [0, 0.05) is 102 Å². The summed E-state index contributed by atoms with van der Waals surface area (Å²) in [6, 6.07) is 30.9. The molecule has 5 N–H and O–H groups in total. The van der Waals surface area contributed by atoms with Crippen LogP contribution in [-0.2, 0) is 0 Å². The number of nitrogens with zero attached hydrogens (tertiary/aromatic N) is 7. The topological polar surface area (TPSA) is 191 Å². The van der Waals surface area contributed by atoms with Gasteiger partial charge in [-0.3, -0.25) is 29.6 Å². The number of halogens is 2. The minimum absolute atomic E-state index is 0.289. The Morgan fingerprint density at radius 2 is 1.00 bits per heavy atom. The lowest BCUT2D eigenvalue weighted by atomic mass is 10.1. The molecule has 0 unspecified atom stereocenters. The van der Waals surface area contributed by atoms with Gasteiger partial charge in [-0.25, -0.2) is 9.97 Å². The van der Waals surface area contributed by atoms with Gasteiger partial charge >= 0.3 is 0 Å². The predicted octanol–water partition coefficient (Wildman–Crippen LogP) is 8.19. The first-order valence-electron chi connectivity index (χ1n) is 20.8. The molecule has 0 saturated heterocycles. The molecule has 0 spiro atoms. The van der Waals surface area contributed by atoms with Gasteiger partial charge in [0.25, 0.3) is 23.6 Å². The van der Waals surface area contributed by atoms with E-state index in [1.54, 1.807) is 104 Å². The summed E-state index contributed by atoms with van der Waals surface area (Å²) in [4.78, 5) is 72.1. The predicted molar refractivity (Wildman–Crippen MR) is 269 cm³/mol. The van der Waals surface area contributed by atoms with Gasteiger partial charge in [-0.05, 0) is 84.9 Å². The Kier molecular flexibility index (Phi) is 15.9. The van der Waals surface area contributed by atoms with Crippen LogP contribution in [0.25, 0.3) is 0 Å². The molecule has 4 amide bonds. The van der Waals surface area contributed by atoms with Crippen LogP contribution in [0.1, 0.15) is 52.6 Å². The van der Waals surface area contributed by atoms with Crippen molar-refractivity contribution in [2.24, 2.45) is 4.99 Å². The summed E-state index contributed by atoms with van der Waals surface area (Å²) >= 11 is 11.7. The molecule has 0 saturated carbocycles. The summed E-state index contributed by atoms with van der Waals surface area (Å²) in [5.41, 5.74) is 5.53. The maximum atomic E-state index is 13.1. The zero-order chi connectivity index (χ0) is 48.4. The molecule has 18 heteroatoms. The molecule has 3 heterocycles. The number of carbonyl (C=O) groups excluding carboxylic acids is 4. The zero-order valence-corrected chi connectivity index (χ0v) is 39.5. The molecule has 2 aromatic heterocycles. The van der Waals surface area contributed by atoms with Gasteiger partial charge < -0.3 is 40.9 Å². The Hall–Kier alpha value is -7.82. The summed E-state index contributed by atoms with van der Waals surface area (Å²) in [6.07, 6.45) is 2.89. The number of likely N-dealkylation sites (N-methyl/N-ethyl adjacent to an activating group) is 1. The fourth-order valence-corrected chi connectivity index (χ4v) is 6.75. The van der Waals surface area contributed by atoms with E-state index in [9.17, 15) is 19.2 Å². The van der Waals surface area contributed by atoms with E-state index in [-0.39, 0.29) is 17.4 Å². The van der Waals surface area contributed by atoms with E-state index in [1.807, 2.05) is 69.3 Å². The van der Waals surface area contributed by atoms with Crippen LogP contribution in [-0.4, -0.2) is 117 Å². The third-order valence-electron chi connectivity index (χ3n) is 10.3. The highest BCUT2D eigenvalue weighted by Gasteiger charge is 2.20. The number of anilines is 6. The Balaban J connectivity index is 0.000000221. The van der Waals surface area contributed by atoms with Gasteiger partial charge in [0.05, 0.1) is 39.1 Å². The van der Waals surface area contributed by atoms with E-state index in [0.717, 1.165) is 35.9 Å². The lowest BCUT2D eigenvalue weighted by Gasteiger charge is -2.17. The monoisotopic (exact) mass is 940 g/mol. The van der Waals surface area contributed by atoms with Gasteiger partial charge in [0.15, 0.2) is 0 Å². The van der Waals surface area contributed by atoms with E-state index >= 15 is 0 Å². The first-order chi connectivity index (χ1) is 32.0. The molecule has 0 radical (unpaired) electrons. The number of amidine groups is 2. The number of nitrogens with one attached hydrogen (secondary N) is 5. The standard InChI is InChI=1S/C25H25ClN6O2.C24H25ClN6O2/c1-31(2)19-9-10-21(20(14-19)25(34)30-22-11-8-18(26)15-28-22)29-24(33)17-6-4-16(5-7-17)23-27-12-13-32(23)3;1-30(2)18-10-11-20(19(13-18)24(33)29-21-12-9-17(25)14-27-21)28-23(32)16-7-5-15(6-8-16)22(26)31(3)4/h4-11,14-15H,12-13H2,1-3H3,(H,29,33)(H,28,30,34);5-14,26H,1-4H3,(H,28,32)(H,27,29,33). The lowest BCUT2D eigenvalue weighted by molar-refractivity contribution is 0.101. The molecule has 1 aliphatic heterocycles. The van der Waals surface area contributed by atoms with E-state index in [1.165, 1.54) is 12.4 Å². The second-order valence-corrected chi connectivity index (χ2v) is 16.7. The molecular formula is C49H50Cl2N12O4.